The lowest BCUT2D eigenvalue weighted by Gasteiger charge is -2.47. The third-order valence-electron chi connectivity index (χ3n) is 4.63. The van der Waals surface area contributed by atoms with E-state index in [1.54, 1.807) is 11.3 Å². The van der Waals surface area contributed by atoms with Gasteiger partial charge >= 0.3 is 0 Å². The fraction of sp³-hybridized carbons (Fsp3) is 0.500. The number of hydrogen-bond donors (Lipinski definition) is 1. The van der Waals surface area contributed by atoms with E-state index >= 15 is 0 Å². The molecule has 1 fully saturated rings. The van der Waals surface area contributed by atoms with Crippen molar-refractivity contribution in [3.63, 3.8) is 0 Å². The predicted octanol–water partition coefficient (Wildman–Crippen LogP) is 4.69. The molecule has 0 radical (unpaired) electrons. The second-order valence-corrected chi connectivity index (χ2v) is 7.01. The Morgan fingerprint density at radius 1 is 1.11 bits per heavy atom. The highest BCUT2D eigenvalue weighted by atomic mass is 32.1. The first-order chi connectivity index (χ1) is 8.55. The van der Waals surface area contributed by atoms with Crippen LogP contribution in [0.15, 0.2) is 29.6 Å². The minimum Gasteiger partial charge on any atom is -0.385 e. The normalized spacial score (nSPS) is 27.5. The van der Waals surface area contributed by atoms with Crippen molar-refractivity contribution >= 4 is 21.4 Å². The molecule has 3 rings (SSSR count). The van der Waals surface area contributed by atoms with Gasteiger partial charge < -0.3 is 5.11 Å². The molecule has 1 aromatic carbocycles. The first-order valence-corrected chi connectivity index (χ1v) is 7.62. The smallest absolute Gasteiger partial charge is 0.0960 e. The van der Waals surface area contributed by atoms with Gasteiger partial charge in [-0.3, -0.25) is 0 Å². The first-order valence-electron chi connectivity index (χ1n) is 6.74. The summed E-state index contributed by atoms with van der Waals surface area (Å²) in [7, 11) is 0. The largest absolute Gasteiger partial charge is 0.385 e. The van der Waals surface area contributed by atoms with Crippen LogP contribution in [0.5, 0.6) is 0 Å². The molecule has 0 spiro atoms. The molecule has 2 heteroatoms. The van der Waals surface area contributed by atoms with Crippen LogP contribution in [-0.4, -0.2) is 5.11 Å². The molecule has 0 bridgehead atoms. The summed E-state index contributed by atoms with van der Waals surface area (Å²) in [5, 5.41) is 14.7. The van der Waals surface area contributed by atoms with Crippen LogP contribution in [0.3, 0.4) is 0 Å². The Bertz CT molecular complexity index is 569. The maximum atomic E-state index is 11.3. The van der Waals surface area contributed by atoms with E-state index in [0.717, 1.165) is 24.8 Å². The van der Waals surface area contributed by atoms with Gasteiger partial charge in [-0.2, -0.15) is 0 Å². The van der Waals surface area contributed by atoms with E-state index < -0.39 is 5.60 Å². The van der Waals surface area contributed by atoms with E-state index in [0.29, 0.717) is 0 Å². The summed E-state index contributed by atoms with van der Waals surface area (Å²) < 4.78 is 1.26. The molecule has 1 aliphatic carbocycles. The standard InChI is InChI=1S/C16H20OS/c1-15(2)9-3-4-10-16(15,17)13-7-5-6-12-8-11-18-14(12)13/h5-8,11,17H,3-4,9-10H2,1-2H3. The number of aliphatic hydroxyl groups is 1. The van der Waals surface area contributed by atoms with Gasteiger partial charge in [0, 0.05) is 10.3 Å². The second kappa shape index (κ2) is 4.07. The van der Waals surface area contributed by atoms with Crippen LogP contribution < -0.4 is 0 Å². The Morgan fingerprint density at radius 3 is 2.67 bits per heavy atom. The molecule has 1 unspecified atom stereocenters. The molecule has 0 saturated heterocycles. The Labute approximate surface area is 112 Å². The highest BCUT2D eigenvalue weighted by Gasteiger charge is 2.47. The highest BCUT2D eigenvalue weighted by molar-refractivity contribution is 7.17. The van der Waals surface area contributed by atoms with E-state index in [4.69, 9.17) is 0 Å². The highest BCUT2D eigenvalue weighted by Crippen LogP contribution is 2.52. The van der Waals surface area contributed by atoms with Gasteiger partial charge in [-0.25, -0.2) is 0 Å². The molecular formula is C16H20OS. The molecule has 1 nitrogen and oxygen atoms in total. The average Bonchev–Trinajstić information content (AvgIpc) is 2.80. The van der Waals surface area contributed by atoms with Crippen molar-refractivity contribution in [1.82, 2.24) is 0 Å². The van der Waals surface area contributed by atoms with Crippen LogP contribution in [0.2, 0.25) is 0 Å². The fourth-order valence-electron chi connectivity index (χ4n) is 3.31. The van der Waals surface area contributed by atoms with Gasteiger partial charge in [0.2, 0.25) is 0 Å². The van der Waals surface area contributed by atoms with Gasteiger partial charge in [-0.1, -0.05) is 44.9 Å². The Morgan fingerprint density at radius 2 is 1.89 bits per heavy atom. The minimum absolute atomic E-state index is 0.0382. The molecule has 1 N–H and O–H groups in total. The molecule has 1 saturated carbocycles. The topological polar surface area (TPSA) is 20.2 Å². The maximum Gasteiger partial charge on any atom is 0.0960 e. The molecule has 1 aromatic heterocycles. The predicted molar refractivity (Wildman–Crippen MR) is 78.0 cm³/mol. The number of benzene rings is 1. The number of rotatable bonds is 1. The molecule has 1 heterocycles. The molecular weight excluding hydrogens is 240 g/mol. The van der Waals surface area contributed by atoms with Crippen LogP contribution in [-0.2, 0) is 5.60 Å². The van der Waals surface area contributed by atoms with Gasteiger partial charge in [0.15, 0.2) is 0 Å². The van der Waals surface area contributed by atoms with Gasteiger partial charge in [-0.05, 0) is 35.1 Å². The SMILES string of the molecule is CC1(C)CCCCC1(O)c1cccc2ccsc12. The minimum atomic E-state index is -0.671. The lowest BCUT2D eigenvalue weighted by Crippen LogP contribution is -2.44. The monoisotopic (exact) mass is 260 g/mol. The van der Waals surface area contributed by atoms with Crippen molar-refractivity contribution in [2.24, 2.45) is 5.41 Å². The average molecular weight is 260 g/mol. The summed E-state index contributed by atoms with van der Waals surface area (Å²) in [6, 6.07) is 8.47. The molecule has 1 aliphatic rings. The quantitative estimate of drug-likeness (QED) is 0.788. The molecule has 96 valence electrons. The third-order valence-corrected chi connectivity index (χ3v) is 5.60. The summed E-state index contributed by atoms with van der Waals surface area (Å²) >= 11 is 1.75. The van der Waals surface area contributed by atoms with Crippen LogP contribution >= 0.6 is 11.3 Å². The van der Waals surface area contributed by atoms with E-state index in [-0.39, 0.29) is 5.41 Å². The zero-order chi connectivity index (χ0) is 12.8. The number of thiophene rings is 1. The van der Waals surface area contributed by atoms with Crippen LogP contribution in [0, 0.1) is 5.41 Å². The molecule has 1 atom stereocenters. The Hall–Kier alpha value is -0.860. The number of hydrogen-bond acceptors (Lipinski definition) is 2. The van der Waals surface area contributed by atoms with Gasteiger partial charge in [0.1, 0.15) is 0 Å². The summed E-state index contributed by atoms with van der Waals surface area (Å²) in [6.07, 6.45) is 4.35. The number of fused-ring (bicyclic) bond motifs is 1. The fourth-order valence-corrected chi connectivity index (χ4v) is 4.30. The molecule has 0 aliphatic heterocycles. The lowest BCUT2D eigenvalue weighted by atomic mass is 9.62. The van der Waals surface area contributed by atoms with E-state index in [9.17, 15) is 5.11 Å². The zero-order valence-electron chi connectivity index (χ0n) is 11.1. The van der Waals surface area contributed by atoms with E-state index in [1.807, 2.05) is 0 Å². The zero-order valence-corrected chi connectivity index (χ0v) is 11.9. The van der Waals surface area contributed by atoms with Crippen molar-refractivity contribution < 1.29 is 5.11 Å². The second-order valence-electron chi connectivity index (χ2n) is 6.10. The van der Waals surface area contributed by atoms with Crippen molar-refractivity contribution in [2.45, 2.75) is 45.1 Å². The van der Waals surface area contributed by atoms with E-state index in [2.05, 4.69) is 43.5 Å². The van der Waals surface area contributed by atoms with E-state index in [1.165, 1.54) is 16.5 Å². The summed E-state index contributed by atoms with van der Waals surface area (Å²) in [5.41, 5.74) is 0.429. The Balaban J connectivity index is 2.20. The maximum absolute atomic E-state index is 11.3. The van der Waals surface area contributed by atoms with Crippen molar-refractivity contribution in [3.8, 4) is 0 Å². The molecule has 0 amide bonds. The van der Waals surface area contributed by atoms with Crippen molar-refractivity contribution in [1.29, 1.82) is 0 Å². The summed E-state index contributed by atoms with van der Waals surface area (Å²) in [4.78, 5) is 0. The van der Waals surface area contributed by atoms with Gasteiger partial charge in [0.25, 0.3) is 0 Å². The molecule has 18 heavy (non-hydrogen) atoms. The third kappa shape index (κ3) is 1.63. The van der Waals surface area contributed by atoms with Crippen LogP contribution in [0.25, 0.3) is 10.1 Å². The van der Waals surface area contributed by atoms with Crippen molar-refractivity contribution in [2.75, 3.05) is 0 Å². The Kier molecular flexibility index (Phi) is 2.76. The van der Waals surface area contributed by atoms with Crippen molar-refractivity contribution in [3.05, 3.63) is 35.2 Å². The van der Waals surface area contributed by atoms with Crippen LogP contribution in [0.4, 0.5) is 0 Å². The summed E-state index contributed by atoms with van der Waals surface area (Å²) in [6.45, 7) is 4.41. The molecule has 2 aromatic rings. The van der Waals surface area contributed by atoms with Crippen LogP contribution in [0.1, 0.15) is 45.1 Å². The van der Waals surface area contributed by atoms with Gasteiger partial charge in [0.05, 0.1) is 5.60 Å². The summed E-state index contributed by atoms with van der Waals surface area (Å²) in [5.74, 6) is 0. The first kappa shape index (κ1) is 12.2. The lowest BCUT2D eigenvalue weighted by molar-refractivity contribution is -0.102. The van der Waals surface area contributed by atoms with Gasteiger partial charge in [-0.15, -0.1) is 11.3 Å².